The lowest BCUT2D eigenvalue weighted by atomic mass is 10.2. The van der Waals surface area contributed by atoms with Crippen molar-refractivity contribution in [1.82, 2.24) is 20.1 Å². The number of hydrogen-bond donors (Lipinski definition) is 2. The predicted octanol–water partition coefficient (Wildman–Crippen LogP) is 7.26. The summed E-state index contributed by atoms with van der Waals surface area (Å²) in [5.74, 6) is 1.23. The summed E-state index contributed by atoms with van der Waals surface area (Å²) in [6, 6.07) is 20.5. The number of urea groups is 1. The first-order chi connectivity index (χ1) is 16.4. The summed E-state index contributed by atoms with van der Waals surface area (Å²) in [4.78, 5) is 12.5. The Morgan fingerprint density at radius 1 is 1.06 bits per heavy atom. The van der Waals surface area contributed by atoms with Crippen LogP contribution in [0.2, 0.25) is 10.0 Å². The van der Waals surface area contributed by atoms with Crippen LogP contribution in [0.3, 0.4) is 0 Å². The van der Waals surface area contributed by atoms with E-state index in [0.717, 1.165) is 4.47 Å². The van der Waals surface area contributed by atoms with Crippen molar-refractivity contribution in [2.75, 3.05) is 5.32 Å². The number of nitrogens with zero attached hydrogens (tertiary/aromatic N) is 3. The maximum absolute atomic E-state index is 12.5. The van der Waals surface area contributed by atoms with Gasteiger partial charge in [-0.25, -0.2) is 4.79 Å². The second-order valence-corrected chi connectivity index (χ2v) is 10.1. The Bertz CT molecular complexity index is 1330. The van der Waals surface area contributed by atoms with Gasteiger partial charge in [0.1, 0.15) is 0 Å². The Labute approximate surface area is 220 Å². The predicted molar refractivity (Wildman–Crippen MR) is 142 cm³/mol. The number of aromatic nitrogens is 3. The van der Waals surface area contributed by atoms with Crippen LogP contribution in [0.4, 0.5) is 10.5 Å². The summed E-state index contributed by atoms with van der Waals surface area (Å²) in [7, 11) is 0. The topological polar surface area (TPSA) is 71.8 Å². The molecule has 0 aliphatic rings. The van der Waals surface area contributed by atoms with E-state index in [9.17, 15) is 4.79 Å². The molecule has 1 heterocycles. The molecule has 0 saturated carbocycles. The van der Waals surface area contributed by atoms with E-state index >= 15 is 0 Å². The Morgan fingerprint density at radius 2 is 1.88 bits per heavy atom. The maximum atomic E-state index is 12.5. The molecule has 6 nitrogen and oxygen atoms in total. The normalized spacial score (nSPS) is 10.8. The number of carbonyl (C=O) groups is 1. The zero-order valence-electron chi connectivity index (χ0n) is 18.1. The summed E-state index contributed by atoms with van der Waals surface area (Å²) in [6.07, 6.45) is 0. The number of aryl methyl sites for hydroxylation is 1. The monoisotopic (exact) mass is 575 g/mol. The zero-order chi connectivity index (χ0) is 24.1. The fraction of sp³-hybridized carbons (Fsp3) is 0.125. The molecule has 174 valence electrons. The van der Waals surface area contributed by atoms with Crippen LogP contribution < -0.4 is 10.6 Å². The number of rotatable bonds is 7. The molecule has 0 saturated heterocycles. The first kappa shape index (κ1) is 24.6. The summed E-state index contributed by atoms with van der Waals surface area (Å²) in [6.45, 7) is 2.20. The van der Waals surface area contributed by atoms with Gasteiger partial charge < -0.3 is 10.6 Å². The number of benzene rings is 3. The number of amides is 2. The minimum Gasteiger partial charge on any atom is -0.331 e. The molecule has 0 fully saturated rings. The quantitative estimate of drug-likeness (QED) is 0.227. The van der Waals surface area contributed by atoms with Crippen molar-refractivity contribution in [3.63, 3.8) is 0 Å². The summed E-state index contributed by atoms with van der Waals surface area (Å²) in [5, 5.41) is 16.0. The van der Waals surface area contributed by atoms with Crippen LogP contribution in [0.15, 0.2) is 76.4 Å². The Balaban J connectivity index is 1.56. The number of halogens is 3. The van der Waals surface area contributed by atoms with E-state index in [4.69, 9.17) is 23.2 Å². The van der Waals surface area contributed by atoms with Gasteiger partial charge in [-0.15, -0.1) is 10.2 Å². The molecule has 0 radical (unpaired) electrons. The first-order valence-electron chi connectivity index (χ1n) is 10.3. The largest absolute Gasteiger partial charge is 0.331 e. The molecule has 4 aromatic rings. The van der Waals surface area contributed by atoms with Crippen molar-refractivity contribution in [3.05, 3.63) is 98.2 Å². The molecule has 0 atom stereocenters. The highest BCUT2D eigenvalue weighted by Crippen LogP contribution is 2.31. The van der Waals surface area contributed by atoms with Gasteiger partial charge in [-0.3, -0.25) is 4.57 Å². The molecule has 4 rings (SSSR count). The SMILES string of the molecule is Cc1cccc(CSc2nnc(CNC(=O)Nc3cccc(Br)c3)n2-c2cc(Cl)ccc2Cl)c1. The highest BCUT2D eigenvalue weighted by Gasteiger charge is 2.18. The molecule has 0 spiro atoms. The Hall–Kier alpha value is -2.52. The fourth-order valence-electron chi connectivity index (χ4n) is 3.26. The van der Waals surface area contributed by atoms with Gasteiger partial charge in [-0.2, -0.15) is 0 Å². The van der Waals surface area contributed by atoms with E-state index in [1.54, 1.807) is 24.3 Å². The van der Waals surface area contributed by atoms with E-state index in [-0.39, 0.29) is 12.6 Å². The molecule has 3 aromatic carbocycles. The van der Waals surface area contributed by atoms with Gasteiger partial charge in [-0.05, 0) is 48.9 Å². The number of thioether (sulfide) groups is 1. The minimum absolute atomic E-state index is 0.140. The molecule has 0 unspecified atom stereocenters. The number of carbonyl (C=O) groups excluding carboxylic acids is 1. The highest BCUT2D eigenvalue weighted by atomic mass is 79.9. The lowest BCUT2D eigenvalue weighted by Gasteiger charge is -2.13. The van der Waals surface area contributed by atoms with E-state index < -0.39 is 0 Å². The molecule has 34 heavy (non-hydrogen) atoms. The Kier molecular flexibility index (Phi) is 8.15. The van der Waals surface area contributed by atoms with E-state index in [1.807, 2.05) is 28.8 Å². The lowest BCUT2D eigenvalue weighted by molar-refractivity contribution is 0.251. The van der Waals surface area contributed by atoms with E-state index in [2.05, 4.69) is 61.9 Å². The van der Waals surface area contributed by atoms with Crippen molar-refractivity contribution in [3.8, 4) is 5.69 Å². The van der Waals surface area contributed by atoms with Gasteiger partial charge >= 0.3 is 6.03 Å². The summed E-state index contributed by atoms with van der Waals surface area (Å²) in [5.41, 5.74) is 3.68. The van der Waals surface area contributed by atoms with Crippen molar-refractivity contribution >= 4 is 62.6 Å². The molecular formula is C24H20BrCl2N5OS. The second-order valence-electron chi connectivity index (χ2n) is 7.43. The second kappa shape index (κ2) is 11.3. The van der Waals surface area contributed by atoms with Gasteiger partial charge in [0.2, 0.25) is 0 Å². The van der Waals surface area contributed by atoms with Crippen LogP contribution in [-0.4, -0.2) is 20.8 Å². The molecule has 2 N–H and O–H groups in total. The molecule has 0 aliphatic heterocycles. The zero-order valence-corrected chi connectivity index (χ0v) is 22.0. The molecular weight excluding hydrogens is 557 g/mol. The van der Waals surface area contributed by atoms with Crippen LogP contribution in [0.5, 0.6) is 0 Å². The van der Waals surface area contributed by atoms with Gasteiger partial charge in [-0.1, -0.05) is 86.8 Å². The molecule has 10 heteroatoms. The number of hydrogen-bond acceptors (Lipinski definition) is 4. The van der Waals surface area contributed by atoms with Gasteiger partial charge in [0, 0.05) is 20.9 Å². The van der Waals surface area contributed by atoms with Crippen LogP contribution in [-0.2, 0) is 12.3 Å². The van der Waals surface area contributed by atoms with Crippen molar-refractivity contribution in [2.45, 2.75) is 24.4 Å². The fourth-order valence-corrected chi connectivity index (χ4v) is 4.93. The van der Waals surface area contributed by atoms with Gasteiger partial charge in [0.05, 0.1) is 17.3 Å². The van der Waals surface area contributed by atoms with Crippen LogP contribution >= 0.6 is 50.9 Å². The number of anilines is 1. The smallest absolute Gasteiger partial charge is 0.319 e. The third-order valence-corrected chi connectivity index (χ3v) is 6.84. The average Bonchev–Trinajstić information content (AvgIpc) is 3.20. The van der Waals surface area contributed by atoms with Gasteiger partial charge in [0.25, 0.3) is 0 Å². The van der Waals surface area contributed by atoms with Crippen molar-refractivity contribution in [2.24, 2.45) is 0 Å². The first-order valence-corrected chi connectivity index (χ1v) is 12.8. The summed E-state index contributed by atoms with van der Waals surface area (Å²) < 4.78 is 2.70. The molecule has 0 aliphatic carbocycles. The number of nitrogens with one attached hydrogen (secondary N) is 2. The Morgan fingerprint density at radius 3 is 2.68 bits per heavy atom. The summed E-state index contributed by atoms with van der Waals surface area (Å²) >= 11 is 17.7. The third kappa shape index (κ3) is 6.33. The maximum Gasteiger partial charge on any atom is 0.319 e. The van der Waals surface area contributed by atoms with Crippen molar-refractivity contribution in [1.29, 1.82) is 0 Å². The van der Waals surface area contributed by atoms with Gasteiger partial charge in [0.15, 0.2) is 11.0 Å². The lowest BCUT2D eigenvalue weighted by Crippen LogP contribution is -2.29. The van der Waals surface area contributed by atoms with Crippen LogP contribution in [0.25, 0.3) is 5.69 Å². The van der Waals surface area contributed by atoms with Crippen molar-refractivity contribution < 1.29 is 4.79 Å². The average molecular weight is 577 g/mol. The minimum atomic E-state index is -0.362. The molecule has 0 bridgehead atoms. The highest BCUT2D eigenvalue weighted by molar-refractivity contribution is 9.10. The third-order valence-electron chi connectivity index (χ3n) is 4.79. The molecule has 2 amide bonds. The standard InChI is InChI=1S/C24H20BrCl2N5OS/c1-15-4-2-5-16(10-15)14-34-24-31-30-22(32(24)21-12-18(26)8-9-20(21)27)13-28-23(33)29-19-7-3-6-17(25)11-19/h2-12H,13-14H2,1H3,(H2,28,29,33). The van der Waals surface area contributed by atoms with E-state index in [0.29, 0.717) is 38.2 Å². The van der Waals surface area contributed by atoms with Crippen LogP contribution in [0, 0.1) is 6.92 Å². The van der Waals surface area contributed by atoms with Crippen LogP contribution in [0.1, 0.15) is 17.0 Å². The molecule has 1 aromatic heterocycles. The van der Waals surface area contributed by atoms with E-state index in [1.165, 1.54) is 22.9 Å².